The second-order valence-corrected chi connectivity index (χ2v) is 5.50. The van der Waals surface area contributed by atoms with Crippen LogP contribution in [0.5, 0.6) is 0 Å². The Labute approximate surface area is 137 Å². The van der Waals surface area contributed by atoms with Gasteiger partial charge in [0.25, 0.3) is 0 Å². The minimum Gasteiger partial charge on any atom is -0.206 e. The summed E-state index contributed by atoms with van der Waals surface area (Å²) in [5, 5.41) is 0.451. The molecule has 122 valence electrons. The number of hydrogen-bond donors (Lipinski definition) is 0. The van der Waals surface area contributed by atoms with Crippen LogP contribution in [0.2, 0.25) is 0 Å². The lowest BCUT2D eigenvalue weighted by atomic mass is 9.98. The lowest BCUT2D eigenvalue weighted by molar-refractivity contribution is 0.517. The molecule has 0 saturated carbocycles. The molecule has 0 fully saturated rings. The molecule has 3 aromatic carbocycles. The van der Waals surface area contributed by atoms with Gasteiger partial charge in [-0.1, -0.05) is 30.4 Å². The van der Waals surface area contributed by atoms with Crippen LogP contribution in [0.4, 0.5) is 17.6 Å². The van der Waals surface area contributed by atoms with E-state index in [1.807, 2.05) is 6.92 Å². The van der Waals surface area contributed by atoms with Gasteiger partial charge in [0.1, 0.15) is 11.6 Å². The first-order valence-electron chi connectivity index (χ1n) is 7.48. The molecule has 3 aromatic rings. The summed E-state index contributed by atoms with van der Waals surface area (Å²) >= 11 is 0. The smallest absolute Gasteiger partial charge is 0.166 e. The fourth-order valence-electron chi connectivity index (χ4n) is 2.69. The second-order valence-electron chi connectivity index (χ2n) is 5.50. The Kier molecular flexibility index (Phi) is 4.38. The number of fused-ring (bicyclic) bond motifs is 1. The largest absolute Gasteiger partial charge is 0.206 e. The van der Waals surface area contributed by atoms with Crippen molar-refractivity contribution in [3.8, 4) is 11.1 Å². The Hall–Kier alpha value is -2.62. The van der Waals surface area contributed by atoms with Crippen LogP contribution in [0.1, 0.15) is 12.5 Å². The first-order chi connectivity index (χ1) is 11.5. The standard InChI is InChI=1S/C20H14F4/c1-2-3-4-12-9-17(22)19(18(23)10-12)14-5-7-15-13(11-14)6-8-16(21)20(15)24/h2-3,5-11H,4H2,1H3. The Balaban J connectivity index is 2.12. The second kappa shape index (κ2) is 6.48. The summed E-state index contributed by atoms with van der Waals surface area (Å²) in [6, 6.07) is 9.11. The van der Waals surface area contributed by atoms with Crippen molar-refractivity contribution in [2.75, 3.05) is 0 Å². The first-order valence-corrected chi connectivity index (χ1v) is 7.48. The van der Waals surface area contributed by atoms with Crippen LogP contribution < -0.4 is 0 Å². The monoisotopic (exact) mass is 330 g/mol. The van der Waals surface area contributed by atoms with Gasteiger partial charge in [-0.2, -0.15) is 0 Å². The molecule has 0 spiro atoms. The zero-order valence-electron chi connectivity index (χ0n) is 12.9. The molecule has 0 radical (unpaired) electrons. The molecule has 0 bridgehead atoms. The number of benzene rings is 3. The molecule has 0 aliphatic carbocycles. The molecular weight excluding hydrogens is 316 g/mol. The summed E-state index contributed by atoms with van der Waals surface area (Å²) in [5.74, 6) is -3.30. The predicted octanol–water partition coefficient (Wildman–Crippen LogP) is 6.18. The summed E-state index contributed by atoms with van der Waals surface area (Å²) in [6.07, 6.45) is 4.05. The SMILES string of the molecule is CC=CCc1cc(F)c(-c2ccc3c(F)c(F)ccc3c2)c(F)c1. The Morgan fingerprint density at radius 3 is 2.21 bits per heavy atom. The molecule has 0 N–H and O–H groups in total. The van der Waals surface area contributed by atoms with E-state index in [2.05, 4.69) is 0 Å². The Morgan fingerprint density at radius 1 is 0.833 bits per heavy atom. The van der Waals surface area contributed by atoms with Gasteiger partial charge >= 0.3 is 0 Å². The predicted molar refractivity (Wildman–Crippen MR) is 87.7 cm³/mol. The van der Waals surface area contributed by atoms with Crippen LogP contribution in [0, 0.1) is 23.3 Å². The highest BCUT2D eigenvalue weighted by Gasteiger charge is 2.15. The molecule has 0 aliphatic rings. The van der Waals surface area contributed by atoms with Crippen LogP contribution in [0.15, 0.2) is 54.6 Å². The fraction of sp³-hybridized carbons (Fsp3) is 0.100. The third kappa shape index (κ3) is 2.92. The maximum atomic E-state index is 14.4. The van der Waals surface area contributed by atoms with Crippen LogP contribution in [0.25, 0.3) is 21.9 Å². The Bertz CT molecular complexity index is 919. The van der Waals surface area contributed by atoms with E-state index in [-0.39, 0.29) is 16.5 Å². The quantitative estimate of drug-likeness (QED) is 0.397. The Morgan fingerprint density at radius 2 is 1.54 bits per heavy atom. The highest BCUT2D eigenvalue weighted by atomic mass is 19.2. The number of halogens is 4. The van der Waals surface area contributed by atoms with Gasteiger partial charge in [0.2, 0.25) is 0 Å². The highest BCUT2D eigenvalue weighted by molar-refractivity contribution is 5.88. The van der Waals surface area contributed by atoms with Gasteiger partial charge in [0, 0.05) is 5.39 Å². The van der Waals surface area contributed by atoms with Gasteiger partial charge in [-0.3, -0.25) is 0 Å². The molecular formula is C20H14F4. The average Bonchev–Trinajstić information content (AvgIpc) is 2.56. The summed E-state index contributed by atoms with van der Waals surface area (Å²) in [4.78, 5) is 0. The van der Waals surface area contributed by atoms with Crippen molar-refractivity contribution in [2.45, 2.75) is 13.3 Å². The molecule has 0 saturated heterocycles. The third-order valence-electron chi connectivity index (χ3n) is 3.89. The highest BCUT2D eigenvalue weighted by Crippen LogP contribution is 2.31. The van der Waals surface area contributed by atoms with Crippen molar-refractivity contribution in [2.24, 2.45) is 0 Å². The first kappa shape index (κ1) is 16.2. The van der Waals surface area contributed by atoms with Gasteiger partial charge in [-0.15, -0.1) is 0 Å². The van der Waals surface area contributed by atoms with E-state index in [1.165, 1.54) is 36.4 Å². The summed E-state index contributed by atoms with van der Waals surface area (Å²) in [7, 11) is 0. The third-order valence-corrected chi connectivity index (χ3v) is 3.89. The van der Waals surface area contributed by atoms with Crippen molar-refractivity contribution in [1.82, 2.24) is 0 Å². The molecule has 0 atom stereocenters. The normalized spacial score (nSPS) is 11.5. The van der Waals surface area contributed by atoms with Crippen LogP contribution in [-0.4, -0.2) is 0 Å². The van der Waals surface area contributed by atoms with E-state index in [1.54, 1.807) is 12.2 Å². The summed E-state index contributed by atoms with van der Waals surface area (Å²) < 4.78 is 55.7. The van der Waals surface area contributed by atoms with Crippen molar-refractivity contribution in [1.29, 1.82) is 0 Å². The van der Waals surface area contributed by atoms with Crippen molar-refractivity contribution in [3.05, 3.63) is 83.4 Å². The van der Waals surface area contributed by atoms with Gasteiger partial charge < -0.3 is 0 Å². The van der Waals surface area contributed by atoms with Gasteiger partial charge in [0.05, 0.1) is 5.56 Å². The van der Waals surface area contributed by atoms with Gasteiger partial charge in [0.15, 0.2) is 11.6 Å². The van der Waals surface area contributed by atoms with Crippen molar-refractivity contribution < 1.29 is 17.6 Å². The molecule has 0 unspecified atom stereocenters. The molecule has 0 nitrogen and oxygen atoms in total. The topological polar surface area (TPSA) is 0 Å². The number of hydrogen-bond acceptors (Lipinski definition) is 0. The van der Waals surface area contributed by atoms with E-state index >= 15 is 0 Å². The van der Waals surface area contributed by atoms with Gasteiger partial charge in [-0.05, 0) is 54.1 Å². The van der Waals surface area contributed by atoms with Crippen LogP contribution >= 0.6 is 0 Å². The maximum absolute atomic E-state index is 14.4. The zero-order valence-corrected chi connectivity index (χ0v) is 12.9. The lowest BCUT2D eigenvalue weighted by Crippen LogP contribution is -1.95. The molecule has 0 heterocycles. The van der Waals surface area contributed by atoms with E-state index in [9.17, 15) is 17.6 Å². The van der Waals surface area contributed by atoms with E-state index < -0.39 is 23.3 Å². The fourth-order valence-corrected chi connectivity index (χ4v) is 2.69. The zero-order chi connectivity index (χ0) is 17.3. The molecule has 4 heteroatoms. The maximum Gasteiger partial charge on any atom is 0.166 e. The van der Waals surface area contributed by atoms with E-state index in [0.717, 1.165) is 6.07 Å². The molecule has 24 heavy (non-hydrogen) atoms. The lowest BCUT2D eigenvalue weighted by Gasteiger charge is -2.09. The van der Waals surface area contributed by atoms with Crippen molar-refractivity contribution in [3.63, 3.8) is 0 Å². The van der Waals surface area contributed by atoms with Crippen LogP contribution in [-0.2, 0) is 6.42 Å². The average molecular weight is 330 g/mol. The molecule has 0 amide bonds. The molecule has 0 aliphatic heterocycles. The van der Waals surface area contributed by atoms with Gasteiger partial charge in [-0.25, -0.2) is 17.6 Å². The number of allylic oxidation sites excluding steroid dienone is 2. The molecule has 3 rings (SSSR count). The summed E-state index contributed by atoms with van der Waals surface area (Å²) in [5.41, 5.74) is 0.632. The number of rotatable bonds is 3. The molecule has 0 aromatic heterocycles. The summed E-state index contributed by atoms with van der Waals surface area (Å²) in [6.45, 7) is 1.83. The van der Waals surface area contributed by atoms with Crippen LogP contribution in [0.3, 0.4) is 0 Å². The minimum absolute atomic E-state index is 0.0734. The van der Waals surface area contributed by atoms with Crippen molar-refractivity contribution >= 4 is 10.8 Å². The van der Waals surface area contributed by atoms with E-state index in [4.69, 9.17) is 0 Å². The minimum atomic E-state index is -0.971. The van der Waals surface area contributed by atoms with E-state index in [0.29, 0.717) is 17.4 Å².